The third-order valence-corrected chi connectivity index (χ3v) is 19.7. The van der Waals surface area contributed by atoms with Crippen LogP contribution in [-0.4, -0.2) is 47.6 Å². The number of carbonyl (C=O) groups is 1. The number of carbonyl (C=O) groups excluding carboxylic acids is 1. The van der Waals surface area contributed by atoms with E-state index in [1.54, 1.807) is 0 Å². The number of aromatic nitrogens is 1. The molecule has 4 nitrogen and oxygen atoms in total. The van der Waals surface area contributed by atoms with Gasteiger partial charge < -0.3 is 9.64 Å². The van der Waals surface area contributed by atoms with Crippen LogP contribution < -0.4 is 4.90 Å². The number of ether oxygens (including phenoxy) is 1. The summed E-state index contributed by atoms with van der Waals surface area (Å²) in [5.41, 5.74) is 0.666. The van der Waals surface area contributed by atoms with Crippen molar-refractivity contribution in [3.05, 3.63) is 11.4 Å². The highest BCUT2D eigenvalue weighted by atomic mass is 31.1. The summed E-state index contributed by atoms with van der Waals surface area (Å²) >= 11 is 0. The van der Waals surface area contributed by atoms with Crippen LogP contribution in [0.4, 0.5) is 5.82 Å². The van der Waals surface area contributed by atoms with Crippen molar-refractivity contribution in [2.24, 2.45) is 0 Å². The van der Waals surface area contributed by atoms with Gasteiger partial charge in [-0.2, -0.15) is 0 Å². The van der Waals surface area contributed by atoms with Gasteiger partial charge in [0, 0.05) is 19.0 Å². The van der Waals surface area contributed by atoms with E-state index in [9.17, 15) is 4.79 Å². The molecule has 0 saturated carbocycles. The van der Waals surface area contributed by atoms with Crippen LogP contribution in [0, 0.1) is 0 Å². The molecular formula is C15H31N2O2PSi2. The Morgan fingerprint density at radius 1 is 1.23 bits per heavy atom. The predicted molar refractivity (Wildman–Crippen MR) is 103 cm³/mol. The summed E-state index contributed by atoms with van der Waals surface area (Å²) in [6.07, 6.45) is 0. The maximum Gasteiger partial charge on any atom is 0.342 e. The summed E-state index contributed by atoms with van der Waals surface area (Å²) in [7, 11) is 0.530. The van der Waals surface area contributed by atoms with Crippen molar-refractivity contribution in [3.63, 3.8) is 0 Å². The lowest BCUT2D eigenvalue weighted by Crippen LogP contribution is -2.43. The first-order valence-electron chi connectivity index (χ1n) is 7.83. The van der Waals surface area contributed by atoms with E-state index in [0.29, 0.717) is 17.1 Å². The predicted octanol–water partition coefficient (Wildman–Crippen LogP) is 4.61. The van der Waals surface area contributed by atoms with Gasteiger partial charge in [0.05, 0.1) is 22.8 Å². The Morgan fingerprint density at radius 3 is 2.09 bits per heavy atom. The van der Waals surface area contributed by atoms with Crippen LogP contribution >= 0.6 is 7.69 Å². The van der Waals surface area contributed by atoms with E-state index < -0.39 is 23.8 Å². The lowest BCUT2D eigenvalue weighted by atomic mass is 10.3. The lowest BCUT2D eigenvalue weighted by molar-refractivity contribution is 0.0527. The number of esters is 1. The fraction of sp³-hybridized carbons (Fsp3) is 0.733. The molecule has 1 atom stereocenters. The number of rotatable bonds is 6. The Hall–Kier alpha value is -0.586. The first-order chi connectivity index (χ1) is 9.89. The van der Waals surface area contributed by atoms with Crippen LogP contribution in [0.1, 0.15) is 22.2 Å². The van der Waals surface area contributed by atoms with E-state index in [0.717, 1.165) is 5.82 Å². The Bertz CT molecular complexity index is 517. The van der Waals surface area contributed by atoms with Gasteiger partial charge in [-0.05, 0) is 20.4 Å². The summed E-state index contributed by atoms with van der Waals surface area (Å²) in [5.74, 6) is 2.69. The van der Waals surface area contributed by atoms with Gasteiger partial charge >= 0.3 is 5.97 Å². The Morgan fingerprint density at radius 2 is 1.73 bits per heavy atom. The molecule has 0 saturated heterocycles. The molecule has 0 aliphatic rings. The topological polar surface area (TPSA) is 42.4 Å². The molecule has 0 aromatic carbocycles. The van der Waals surface area contributed by atoms with Crippen molar-refractivity contribution in [2.75, 3.05) is 25.6 Å². The molecule has 1 rings (SSSR count). The molecule has 7 heteroatoms. The standard InChI is InChI=1S/C15H31N2O2PSi2/c1-10-19-14(18)12-11-20(16-13(12)17(2)3)15(21(4,5)6)22(7,8)9/h11,15H,10H2,1-9H3. The molecule has 0 spiro atoms. The van der Waals surface area contributed by atoms with Gasteiger partial charge in [0.25, 0.3) is 0 Å². The van der Waals surface area contributed by atoms with Crippen LogP contribution in [0.25, 0.3) is 0 Å². The highest BCUT2D eigenvalue weighted by Gasteiger charge is 2.40. The molecule has 22 heavy (non-hydrogen) atoms. The van der Waals surface area contributed by atoms with E-state index in [2.05, 4.69) is 45.1 Å². The van der Waals surface area contributed by atoms with Crippen molar-refractivity contribution in [1.29, 1.82) is 0 Å². The molecule has 1 aromatic heterocycles. The van der Waals surface area contributed by atoms with E-state index in [4.69, 9.17) is 9.48 Å². The zero-order valence-electron chi connectivity index (χ0n) is 15.5. The van der Waals surface area contributed by atoms with E-state index in [1.165, 1.54) is 0 Å². The van der Waals surface area contributed by atoms with Crippen LogP contribution in [0.3, 0.4) is 0 Å². The van der Waals surface area contributed by atoms with Crippen LogP contribution in [0.5, 0.6) is 0 Å². The van der Waals surface area contributed by atoms with E-state index in [1.807, 2.05) is 25.9 Å². The van der Waals surface area contributed by atoms with Crippen molar-refractivity contribution in [3.8, 4) is 0 Å². The molecular weight excluding hydrogens is 327 g/mol. The quantitative estimate of drug-likeness (QED) is 0.550. The fourth-order valence-electron chi connectivity index (χ4n) is 3.29. The van der Waals surface area contributed by atoms with Gasteiger partial charge in [0.1, 0.15) is 11.4 Å². The third-order valence-electron chi connectivity index (χ3n) is 3.54. The average Bonchev–Trinajstić information content (AvgIpc) is 2.69. The van der Waals surface area contributed by atoms with Crippen LogP contribution in [0.2, 0.25) is 39.3 Å². The molecule has 0 fully saturated rings. The lowest BCUT2D eigenvalue weighted by Gasteiger charge is -2.37. The molecule has 0 aliphatic heterocycles. The molecule has 0 radical (unpaired) electrons. The van der Waals surface area contributed by atoms with Crippen molar-refractivity contribution in [2.45, 2.75) is 51.1 Å². The molecule has 0 aliphatic carbocycles. The number of nitrogens with zero attached hydrogens (tertiary/aromatic N) is 2. The summed E-state index contributed by atoms with van der Waals surface area (Å²) in [4.78, 5) is 14.9. The van der Waals surface area contributed by atoms with Crippen LogP contribution in [0.15, 0.2) is 5.80 Å². The molecule has 1 heterocycles. The molecule has 0 bridgehead atoms. The second-order valence-electron chi connectivity index (χ2n) is 8.10. The smallest absolute Gasteiger partial charge is 0.342 e. The Labute approximate surface area is 138 Å². The van der Waals surface area contributed by atoms with Gasteiger partial charge in [-0.15, -0.1) is 0 Å². The molecule has 0 N–H and O–H groups in total. The van der Waals surface area contributed by atoms with Crippen LogP contribution in [-0.2, 0) is 4.74 Å². The second kappa shape index (κ2) is 6.89. The molecule has 0 amide bonds. The van der Waals surface area contributed by atoms with Gasteiger partial charge in [-0.1, -0.05) is 39.3 Å². The monoisotopic (exact) mass is 358 g/mol. The second-order valence-corrected chi connectivity index (χ2v) is 22.0. The number of anilines is 1. The average molecular weight is 359 g/mol. The summed E-state index contributed by atoms with van der Waals surface area (Å²) in [5, 5.41) is 0. The highest BCUT2D eigenvalue weighted by Crippen LogP contribution is 2.51. The summed E-state index contributed by atoms with van der Waals surface area (Å²) in [6.45, 7) is 16.8. The van der Waals surface area contributed by atoms with Gasteiger partial charge in [-0.25, -0.2) is 9.54 Å². The largest absolute Gasteiger partial charge is 0.462 e. The maximum atomic E-state index is 12.3. The number of hydrogen-bond donors (Lipinski definition) is 0. The van der Waals surface area contributed by atoms with E-state index in [-0.39, 0.29) is 5.97 Å². The van der Waals surface area contributed by atoms with Crippen molar-refractivity contribution < 1.29 is 9.53 Å². The first kappa shape index (κ1) is 19.5. The molecule has 126 valence electrons. The minimum atomic E-state index is -1.37. The zero-order valence-corrected chi connectivity index (χ0v) is 18.4. The van der Waals surface area contributed by atoms with Crippen molar-refractivity contribution >= 4 is 35.6 Å². The minimum absolute atomic E-state index is 0.232. The van der Waals surface area contributed by atoms with Crippen molar-refractivity contribution in [1.82, 2.24) is 4.75 Å². The Kier molecular flexibility index (Phi) is 6.10. The molecule has 1 unspecified atom stereocenters. The van der Waals surface area contributed by atoms with E-state index >= 15 is 0 Å². The summed E-state index contributed by atoms with van der Waals surface area (Å²) in [6, 6.07) is 0. The van der Waals surface area contributed by atoms with Gasteiger partial charge in [-0.3, -0.25) is 0 Å². The number of hydrogen-bond acceptors (Lipinski definition) is 4. The zero-order chi connectivity index (χ0) is 17.3. The summed E-state index contributed by atoms with van der Waals surface area (Å²) < 4.78 is 10.2. The third kappa shape index (κ3) is 4.46. The van der Waals surface area contributed by atoms with Gasteiger partial charge in [0.15, 0.2) is 0 Å². The molecule has 1 aromatic rings. The minimum Gasteiger partial charge on any atom is -0.462 e. The SMILES string of the molecule is CCOC(=O)c1cp(C([Si](C)(C)C)[Si](C)(C)C)nc1N(C)C. The normalized spacial score (nSPS) is 13.5. The first-order valence-corrected chi connectivity index (χ1v) is 16.4. The highest BCUT2D eigenvalue weighted by molar-refractivity contribution is 7.53. The fourth-order valence-corrected chi connectivity index (χ4v) is 22.1. The maximum absolute atomic E-state index is 12.3. The Balaban J connectivity index is 3.41. The van der Waals surface area contributed by atoms with Gasteiger partial charge in [0.2, 0.25) is 0 Å².